The minimum absolute atomic E-state index is 0.0542. The number of hydrogen-bond donors (Lipinski definition) is 1. The van der Waals surface area contributed by atoms with Crippen LogP contribution in [0.25, 0.3) is 0 Å². The van der Waals surface area contributed by atoms with E-state index in [0.717, 1.165) is 0 Å². The van der Waals surface area contributed by atoms with Crippen molar-refractivity contribution in [1.82, 2.24) is 4.90 Å². The number of nitrogens with zero attached hydrogens (tertiary/aromatic N) is 1. The highest BCUT2D eigenvalue weighted by atomic mass is 16.2. The molecule has 0 fully saturated rings. The average Bonchev–Trinajstić information content (AvgIpc) is 2.19. The molecule has 0 saturated heterocycles. The number of allylic oxidation sites excluding steroid dienone is 2. The van der Waals surface area contributed by atoms with Crippen LogP contribution in [0, 0.1) is 5.92 Å². The first-order valence-electron chi connectivity index (χ1n) is 4.05. The van der Waals surface area contributed by atoms with Gasteiger partial charge in [0.1, 0.15) is 6.54 Å². The number of primary amides is 1. The van der Waals surface area contributed by atoms with E-state index in [1.807, 2.05) is 0 Å². The molecule has 0 aliphatic carbocycles. The van der Waals surface area contributed by atoms with Crippen LogP contribution in [0.5, 0.6) is 0 Å². The normalized spacial score (nSPS) is 21.8. The van der Waals surface area contributed by atoms with Crippen LogP contribution in [0.15, 0.2) is 24.4 Å². The lowest BCUT2D eigenvalue weighted by Gasteiger charge is -2.17. The predicted molar refractivity (Wildman–Crippen MR) is 48.4 cm³/mol. The van der Waals surface area contributed by atoms with Gasteiger partial charge in [0.25, 0.3) is 0 Å². The molecule has 1 unspecified atom stereocenters. The first-order chi connectivity index (χ1) is 6.11. The SMILES string of the molecule is CC1C=CC=CN(CC(N)=O)C1=O. The molecule has 1 aliphatic heterocycles. The summed E-state index contributed by atoms with van der Waals surface area (Å²) in [6.45, 7) is 1.72. The second-order valence-electron chi connectivity index (χ2n) is 2.95. The first-order valence-corrected chi connectivity index (χ1v) is 4.05. The maximum Gasteiger partial charge on any atom is 0.237 e. The maximum atomic E-state index is 11.5. The van der Waals surface area contributed by atoms with Crippen molar-refractivity contribution >= 4 is 11.8 Å². The van der Waals surface area contributed by atoms with Crippen LogP contribution >= 0.6 is 0 Å². The Morgan fingerprint density at radius 2 is 2.31 bits per heavy atom. The lowest BCUT2D eigenvalue weighted by atomic mass is 10.1. The number of hydrogen-bond acceptors (Lipinski definition) is 2. The summed E-state index contributed by atoms with van der Waals surface area (Å²) in [5.41, 5.74) is 4.99. The molecule has 1 rings (SSSR count). The third kappa shape index (κ3) is 2.43. The van der Waals surface area contributed by atoms with Crippen molar-refractivity contribution in [2.75, 3.05) is 6.54 Å². The zero-order chi connectivity index (χ0) is 9.84. The molecule has 0 radical (unpaired) electrons. The largest absolute Gasteiger partial charge is 0.368 e. The fourth-order valence-electron chi connectivity index (χ4n) is 1.10. The highest BCUT2D eigenvalue weighted by Crippen LogP contribution is 2.08. The van der Waals surface area contributed by atoms with Crippen LogP contribution in [-0.4, -0.2) is 23.3 Å². The van der Waals surface area contributed by atoms with Gasteiger partial charge < -0.3 is 10.6 Å². The van der Waals surface area contributed by atoms with Crippen molar-refractivity contribution in [1.29, 1.82) is 0 Å². The Kier molecular flexibility index (Phi) is 2.84. The summed E-state index contributed by atoms with van der Waals surface area (Å²) in [6, 6.07) is 0. The van der Waals surface area contributed by atoms with Crippen LogP contribution in [0.1, 0.15) is 6.92 Å². The van der Waals surface area contributed by atoms with E-state index in [-0.39, 0.29) is 18.4 Å². The van der Waals surface area contributed by atoms with Crippen LogP contribution in [0.3, 0.4) is 0 Å². The van der Waals surface area contributed by atoms with Gasteiger partial charge in [0.05, 0.1) is 5.92 Å². The second kappa shape index (κ2) is 3.89. The highest BCUT2D eigenvalue weighted by Gasteiger charge is 2.18. The zero-order valence-electron chi connectivity index (χ0n) is 7.43. The van der Waals surface area contributed by atoms with Gasteiger partial charge in [0.2, 0.25) is 11.8 Å². The van der Waals surface area contributed by atoms with Gasteiger partial charge in [-0.15, -0.1) is 0 Å². The fourth-order valence-corrected chi connectivity index (χ4v) is 1.10. The third-order valence-corrected chi connectivity index (χ3v) is 1.78. The molecule has 4 heteroatoms. The van der Waals surface area contributed by atoms with Gasteiger partial charge in [-0.2, -0.15) is 0 Å². The van der Waals surface area contributed by atoms with Crippen molar-refractivity contribution in [2.24, 2.45) is 11.7 Å². The van der Waals surface area contributed by atoms with Gasteiger partial charge in [-0.25, -0.2) is 0 Å². The lowest BCUT2D eigenvalue weighted by Crippen LogP contribution is -2.36. The van der Waals surface area contributed by atoms with E-state index in [4.69, 9.17) is 5.73 Å². The van der Waals surface area contributed by atoms with Crippen molar-refractivity contribution in [3.63, 3.8) is 0 Å². The Bertz CT molecular complexity index is 281. The van der Waals surface area contributed by atoms with E-state index in [0.29, 0.717) is 0 Å². The monoisotopic (exact) mass is 180 g/mol. The maximum absolute atomic E-state index is 11.5. The Morgan fingerprint density at radius 1 is 1.62 bits per heavy atom. The number of nitrogens with two attached hydrogens (primary N) is 1. The molecule has 0 aromatic rings. The minimum Gasteiger partial charge on any atom is -0.368 e. The molecule has 1 aliphatic rings. The van der Waals surface area contributed by atoms with Crippen molar-refractivity contribution < 1.29 is 9.59 Å². The van der Waals surface area contributed by atoms with E-state index >= 15 is 0 Å². The van der Waals surface area contributed by atoms with Crippen LogP contribution < -0.4 is 5.73 Å². The Labute approximate surface area is 76.7 Å². The summed E-state index contributed by atoms with van der Waals surface area (Å²) in [7, 11) is 0. The minimum atomic E-state index is -0.507. The molecule has 1 heterocycles. The molecular formula is C9H12N2O2. The average molecular weight is 180 g/mol. The summed E-state index contributed by atoms with van der Waals surface area (Å²) >= 11 is 0. The number of carbonyl (C=O) groups excluding carboxylic acids is 2. The Morgan fingerprint density at radius 3 is 2.92 bits per heavy atom. The quantitative estimate of drug-likeness (QED) is 0.651. The van der Waals surface area contributed by atoms with Gasteiger partial charge in [-0.1, -0.05) is 19.1 Å². The van der Waals surface area contributed by atoms with E-state index in [1.54, 1.807) is 31.4 Å². The molecule has 13 heavy (non-hydrogen) atoms. The highest BCUT2D eigenvalue weighted by molar-refractivity contribution is 5.87. The number of amides is 2. The van der Waals surface area contributed by atoms with Gasteiger partial charge in [-0.3, -0.25) is 9.59 Å². The van der Waals surface area contributed by atoms with Crippen molar-refractivity contribution in [2.45, 2.75) is 6.92 Å². The van der Waals surface area contributed by atoms with Gasteiger partial charge in [0, 0.05) is 6.20 Å². The van der Waals surface area contributed by atoms with Crippen LogP contribution in [0.2, 0.25) is 0 Å². The molecule has 2 N–H and O–H groups in total. The molecule has 0 bridgehead atoms. The number of carbonyl (C=O) groups is 2. The first kappa shape index (κ1) is 9.51. The Hall–Kier alpha value is -1.58. The molecule has 4 nitrogen and oxygen atoms in total. The molecule has 2 amide bonds. The summed E-state index contributed by atoms with van der Waals surface area (Å²) in [4.78, 5) is 23.4. The van der Waals surface area contributed by atoms with E-state index in [1.165, 1.54) is 4.90 Å². The van der Waals surface area contributed by atoms with Gasteiger partial charge >= 0.3 is 0 Å². The lowest BCUT2D eigenvalue weighted by molar-refractivity contribution is -0.134. The third-order valence-electron chi connectivity index (χ3n) is 1.78. The van der Waals surface area contributed by atoms with E-state index in [2.05, 4.69) is 0 Å². The standard InChI is InChI=1S/C9H12N2O2/c1-7-4-2-3-5-11(9(7)13)6-8(10)12/h2-5,7H,6H2,1H3,(H2,10,12). The topological polar surface area (TPSA) is 63.4 Å². The molecular weight excluding hydrogens is 168 g/mol. The smallest absolute Gasteiger partial charge is 0.237 e. The fraction of sp³-hybridized carbons (Fsp3) is 0.333. The van der Waals surface area contributed by atoms with E-state index < -0.39 is 5.91 Å². The molecule has 0 aromatic heterocycles. The summed E-state index contributed by atoms with van der Waals surface area (Å²) in [5, 5.41) is 0. The molecule has 70 valence electrons. The molecule has 1 atom stereocenters. The molecule has 0 saturated carbocycles. The van der Waals surface area contributed by atoms with Crippen LogP contribution in [-0.2, 0) is 9.59 Å². The summed E-state index contributed by atoms with van der Waals surface area (Å²) < 4.78 is 0. The van der Waals surface area contributed by atoms with Crippen molar-refractivity contribution in [3.05, 3.63) is 24.4 Å². The van der Waals surface area contributed by atoms with Gasteiger partial charge in [-0.05, 0) is 6.08 Å². The van der Waals surface area contributed by atoms with Crippen LogP contribution in [0.4, 0.5) is 0 Å². The second-order valence-corrected chi connectivity index (χ2v) is 2.95. The summed E-state index contributed by atoms with van der Waals surface area (Å²) in [5.74, 6) is -0.815. The number of rotatable bonds is 2. The predicted octanol–water partition coefficient (Wildman–Crippen LogP) is 0.0199. The molecule has 0 spiro atoms. The Balaban J connectivity index is 2.74. The zero-order valence-corrected chi connectivity index (χ0v) is 7.43. The summed E-state index contributed by atoms with van der Waals surface area (Å²) in [6.07, 6.45) is 6.83. The van der Waals surface area contributed by atoms with Gasteiger partial charge in [0.15, 0.2) is 0 Å². The molecule has 0 aromatic carbocycles. The van der Waals surface area contributed by atoms with E-state index in [9.17, 15) is 9.59 Å². The van der Waals surface area contributed by atoms with Crippen molar-refractivity contribution in [3.8, 4) is 0 Å².